The van der Waals surface area contributed by atoms with Gasteiger partial charge in [0, 0.05) is 11.9 Å². The van der Waals surface area contributed by atoms with Crippen LogP contribution in [0.25, 0.3) is 0 Å². The van der Waals surface area contributed by atoms with Crippen molar-refractivity contribution in [1.29, 1.82) is 0 Å². The Hall–Kier alpha value is -1.08. The summed E-state index contributed by atoms with van der Waals surface area (Å²) in [4.78, 5) is 20.2. The molecule has 1 aromatic rings. The van der Waals surface area contributed by atoms with Gasteiger partial charge in [0.1, 0.15) is 12.3 Å². The average Bonchev–Trinajstić information content (AvgIpc) is 2.34. The normalized spacial score (nSPS) is 11.3. The zero-order chi connectivity index (χ0) is 16.5. The van der Waals surface area contributed by atoms with Crippen LogP contribution in [-0.2, 0) is 9.59 Å². The summed E-state index contributed by atoms with van der Waals surface area (Å²) in [5.74, 6) is -2.00. The molecule has 1 rings (SSSR count). The van der Waals surface area contributed by atoms with E-state index in [2.05, 4.69) is 0 Å². The fourth-order valence-corrected chi connectivity index (χ4v) is 1.19. The summed E-state index contributed by atoms with van der Waals surface area (Å²) in [6, 6.07) is 9.09. The summed E-state index contributed by atoms with van der Waals surface area (Å²) in [6.45, 7) is 1.77. The zero-order valence-corrected chi connectivity index (χ0v) is 15.9. The average molecular weight is 319 g/mol. The van der Waals surface area contributed by atoms with Crippen molar-refractivity contribution in [2.45, 2.75) is 6.92 Å². The van der Waals surface area contributed by atoms with E-state index < -0.39 is 17.9 Å². The summed E-state index contributed by atoms with van der Waals surface area (Å²) in [5.41, 5.74) is 0. The van der Waals surface area contributed by atoms with Gasteiger partial charge in [-0.1, -0.05) is 25.1 Å². The van der Waals surface area contributed by atoms with E-state index in [9.17, 15) is 19.8 Å². The quantitative estimate of drug-likeness (QED) is 0.393. The molecule has 0 radical (unpaired) electrons. The van der Waals surface area contributed by atoms with Gasteiger partial charge in [-0.3, -0.25) is 0 Å². The van der Waals surface area contributed by atoms with Crippen molar-refractivity contribution >= 4 is 11.9 Å². The zero-order valence-electron chi connectivity index (χ0n) is 13.9. The first-order valence-corrected chi connectivity index (χ1v) is 6.51. The minimum atomic E-state index is -1.09. The van der Waals surface area contributed by atoms with E-state index in [1.54, 1.807) is 40.2 Å². The van der Waals surface area contributed by atoms with E-state index >= 15 is 0 Å². The molecular formula is C15H22NNaO5. The predicted molar refractivity (Wildman–Crippen MR) is 74.0 cm³/mol. The van der Waals surface area contributed by atoms with E-state index in [0.717, 1.165) is 0 Å². The Morgan fingerprint density at radius 2 is 1.64 bits per heavy atom. The van der Waals surface area contributed by atoms with Crippen LogP contribution in [0.5, 0.6) is 5.75 Å². The summed E-state index contributed by atoms with van der Waals surface area (Å²) in [6.07, 6.45) is 0. The van der Waals surface area contributed by atoms with Gasteiger partial charge in [0.15, 0.2) is 0 Å². The Morgan fingerprint density at radius 3 is 1.95 bits per heavy atom. The molecule has 1 atom stereocenters. The van der Waals surface area contributed by atoms with Crippen LogP contribution >= 0.6 is 0 Å². The number of carbonyl (C=O) groups excluding carboxylic acids is 2. The number of hydrogen-bond donors (Lipinski definition) is 0. The van der Waals surface area contributed by atoms with Crippen LogP contribution in [-0.4, -0.2) is 50.7 Å². The van der Waals surface area contributed by atoms with Crippen molar-refractivity contribution in [1.82, 2.24) is 0 Å². The van der Waals surface area contributed by atoms with Gasteiger partial charge in [-0.2, -0.15) is 0 Å². The molecule has 118 valence electrons. The number of rotatable bonds is 6. The number of para-hydroxylation sites is 1. The van der Waals surface area contributed by atoms with E-state index in [1.165, 1.54) is 0 Å². The van der Waals surface area contributed by atoms with Gasteiger partial charge in [-0.25, -0.2) is 0 Å². The van der Waals surface area contributed by atoms with Crippen molar-refractivity contribution in [2.24, 2.45) is 5.92 Å². The van der Waals surface area contributed by atoms with E-state index in [1.807, 2.05) is 18.2 Å². The van der Waals surface area contributed by atoms with E-state index in [4.69, 9.17) is 4.74 Å². The standard InChI is InChI=1S/C10H12O3.C5H11NO2.Na/c1-8(10(11)12)7-13-9-5-3-2-4-6-9;1-6(2,3)4-5(7)8;/h2-6,8H,7H2,1H3,(H,11,12);4H2,1-3H3;/q;;+1/p-1. The number of ether oxygens (including phenoxy) is 1. The van der Waals surface area contributed by atoms with Gasteiger partial charge >= 0.3 is 29.6 Å². The summed E-state index contributed by atoms with van der Waals surface area (Å²) < 4.78 is 5.63. The summed E-state index contributed by atoms with van der Waals surface area (Å²) in [7, 11) is 5.40. The molecule has 0 saturated carbocycles. The van der Waals surface area contributed by atoms with Gasteiger partial charge in [0.05, 0.1) is 33.7 Å². The molecule has 1 aromatic carbocycles. The SMILES string of the molecule is CC(COc1ccccc1)C(=O)[O-].C[N+](C)(C)CC(=O)[O-].[Na+]. The summed E-state index contributed by atoms with van der Waals surface area (Å²) in [5, 5.41) is 20.2. The van der Waals surface area contributed by atoms with Gasteiger partial charge in [0.25, 0.3) is 0 Å². The van der Waals surface area contributed by atoms with Crippen LogP contribution in [0, 0.1) is 5.92 Å². The van der Waals surface area contributed by atoms with Crippen molar-refractivity contribution in [3.8, 4) is 5.75 Å². The second-order valence-corrected chi connectivity index (χ2v) is 5.66. The van der Waals surface area contributed by atoms with Crippen molar-refractivity contribution < 1.29 is 58.6 Å². The number of aliphatic carboxylic acids is 2. The second-order valence-electron chi connectivity index (χ2n) is 5.66. The molecule has 7 heteroatoms. The molecule has 6 nitrogen and oxygen atoms in total. The molecule has 1 unspecified atom stereocenters. The Morgan fingerprint density at radius 1 is 1.14 bits per heavy atom. The number of hydrogen-bond acceptors (Lipinski definition) is 5. The maximum absolute atomic E-state index is 10.3. The molecule has 0 aliphatic heterocycles. The van der Waals surface area contributed by atoms with Crippen LogP contribution in [0.3, 0.4) is 0 Å². The Kier molecular flexibility index (Phi) is 12.1. The first-order valence-electron chi connectivity index (χ1n) is 6.51. The molecule has 22 heavy (non-hydrogen) atoms. The fraction of sp³-hybridized carbons (Fsp3) is 0.467. The maximum atomic E-state index is 10.3. The Balaban J connectivity index is 0. The number of likely N-dealkylation sites (N-methyl/N-ethyl adjacent to an activating group) is 1. The molecule has 0 aliphatic rings. The van der Waals surface area contributed by atoms with Crippen molar-refractivity contribution in [3.63, 3.8) is 0 Å². The van der Waals surface area contributed by atoms with Crippen LogP contribution < -0.4 is 44.5 Å². The van der Waals surface area contributed by atoms with E-state index in [-0.39, 0.29) is 42.7 Å². The molecule has 0 fully saturated rings. The van der Waals surface area contributed by atoms with Crippen molar-refractivity contribution in [3.05, 3.63) is 30.3 Å². The van der Waals surface area contributed by atoms with Gasteiger partial charge in [-0.05, 0) is 12.1 Å². The third-order valence-corrected chi connectivity index (χ3v) is 2.25. The fourth-order valence-electron chi connectivity index (χ4n) is 1.19. The maximum Gasteiger partial charge on any atom is 1.00 e. The molecule has 0 aromatic heterocycles. The number of nitrogens with zero attached hydrogens (tertiary/aromatic N) is 1. The third-order valence-electron chi connectivity index (χ3n) is 2.25. The smallest absolute Gasteiger partial charge is 0.550 e. The molecule has 0 amide bonds. The Labute approximate surface area is 153 Å². The predicted octanol–water partition coefficient (Wildman–Crippen LogP) is -4.10. The molecule has 0 saturated heterocycles. The first kappa shape index (κ1) is 23.2. The minimum absolute atomic E-state index is 0. The monoisotopic (exact) mass is 319 g/mol. The number of quaternary nitrogens is 1. The molecule has 0 N–H and O–H groups in total. The van der Waals surface area contributed by atoms with Gasteiger partial charge in [-0.15, -0.1) is 0 Å². The molecule has 0 spiro atoms. The van der Waals surface area contributed by atoms with Crippen molar-refractivity contribution in [2.75, 3.05) is 34.3 Å². The van der Waals surface area contributed by atoms with Gasteiger partial charge in [0.2, 0.25) is 0 Å². The molecule has 0 heterocycles. The third kappa shape index (κ3) is 13.9. The summed E-state index contributed by atoms with van der Waals surface area (Å²) >= 11 is 0. The number of carbonyl (C=O) groups is 2. The number of carboxylic acid groups (broad SMARTS) is 2. The number of benzene rings is 1. The first-order chi connectivity index (χ1) is 9.61. The minimum Gasteiger partial charge on any atom is -0.550 e. The van der Waals surface area contributed by atoms with Crippen LogP contribution in [0.1, 0.15) is 6.92 Å². The van der Waals surface area contributed by atoms with Gasteiger partial charge < -0.3 is 29.0 Å². The number of carboxylic acids is 2. The largest absolute Gasteiger partial charge is 1.00 e. The topological polar surface area (TPSA) is 89.5 Å². The van der Waals surface area contributed by atoms with Crippen LogP contribution in [0.2, 0.25) is 0 Å². The second kappa shape index (κ2) is 11.5. The van der Waals surface area contributed by atoms with Crippen LogP contribution in [0.4, 0.5) is 0 Å². The van der Waals surface area contributed by atoms with Crippen LogP contribution in [0.15, 0.2) is 30.3 Å². The molecular weight excluding hydrogens is 297 g/mol. The Bertz CT molecular complexity index is 445. The van der Waals surface area contributed by atoms with E-state index in [0.29, 0.717) is 10.2 Å². The molecule has 0 aliphatic carbocycles. The molecule has 0 bridgehead atoms.